The van der Waals surface area contributed by atoms with Crippen LogP contribution in [0.25, 0.3) is 0 Å². The molecule has 4 saturated carbocycles. The highest BCUT2D eigenvalue weighted by atomic mass is 32.2. The normalized spacial score (nSPS) is 41.0. The maximum absolute atomic E-state index is 12.4. The predicted molar refractivity (Wildman–Crippen MR) is 105 cm³/mol. The minimum absolute atomic E-state index is 0.100. The number of ether oxygens (including phenoxy) is 2. The standard InChI is InChI=1S/C21H29NO5S/c1-12(23)22-5-4-18(26-13(2)24)19(27-14(3)25)20(22)28-21-9-15-6-16(10-21)8-17(7-15)11-21/h4-5,15-20H,6-11H2,1-3H3. The third kappa shape index (κ3) is 3.82. The lowest BCUT2D eigenvalue weighted by Crippen LogP contribution is -2.56. The number of amides is 1. The molecule has 5 rings (SSSR count). The molecule has 28 heavy (non-hydrogen) atoms. The fraction of sp³-hybridized carbons (Fsp3) is 0.762. The number of nitrogens with zero attached hydrogens (tertiary/aromatic N) is 1. The molecule has 154 valence electrons. The zero-order valence-electron chi connectivity index (χ0n) is 16.8. The Labute approximate surface area is 170 Å². The molecule has 1 amide bonds. The molecule has 3 atom stereocenters. The van der Waals surface area contributed by atoms with Crippen molar-refractivity contribution < 1.29 is 23.9 Å². The average Bonchev–Trinajstić information content (AvgIpc) is 2.55. The fourth-order valence-electron chi connectivity index (χ4n) is 6.15. The first-order chi connectivity index (χ1) is 13.2. The summed E-state index contributed by atoms with van der Waals surface area (Å²) < 4.78 is 11.2. The highest BCUT2D eigenvalue weighted by molar-refractivity contribution is 8.01. The summed E-state index contributed by atoms with van der Waals surface area (Å²) in [4.78, 5) is 37.4. The van der Waals surface area contributed by atoms with E-state index in [2.05, 4.69) is 0 Å². The van der Waals surface area contributed by atoms with Gasteiger partial charge in [-0.05, 0) is 62.4 Å². The van der Waals surface area contributed by atoms with Crippen molar-refractivity contribution in [2.24, 2.45) is 17.8 Å². The van der Waals surface area contributed by atoms with Crippen LogP contribution in [0.3, 0.4) is 0 Å². The minimum Gasteiger partial charge on any atom is -0.455 e. The zero-order valence-corrected chi connectivity index (χ0v) is 17.6. The second-order valence-electron chi connectivity index (χ2n) is 9.02. The largest absolute Gasteiger partial charge is 0.455 e. The smallest absolute Gasteiger partial charge is 0.303 e. The van der Waals surface area contributed by atoms with Crippen LogP contribution >= 0.6 is 11.8 Å². The Morgan fingerprint density at radius 3 is 1.93 bits per heavy atom. The van der Waals surface area contributed by atoms with Gasteiger partial charge in [-0.1, -0.05) is 0 Å². The average molecular weight is 408 g/mol. The van der Waals surface area contributed by atoms with Crippen LogP contribution in [0.5, 0.6) is 0 Å². The molecular weight excluding hydrogens is 378 g/mol. The molecule has 0 spiro atoms. The minimum atomic E-state index is -0.701. The van der Waals surface area contributed by atoms with Gasteiger partial charge >= 0.3 is 11.9 Å². The van der Waals surface area contributed by atoms with Gasteiger partial charge in [0.05, 0.1) is 0 Å². The molecule has 7 heteroatoms. The first-order valence-corrected chi connectivity index (χ1v) is 11.1. The molecule has 4 bridgehead atoms. The van der Waals surface area contributed by atoms with Gasteiger partial charge in [-0.3, -0.25) is 14.4 Å². The topological polar surface area (TPSA) is 72.9 Å². The van der Waals surface area contributed by atoms with E-state index in [9.17, 15) is 14.4 Å². The molecule has 0 radical (unpaired) electrons. The number of carbonyl (C=O) groups is 3. The number of carbonyl (C=O) groups excluding carboxylic acids is 3. The molecule has 0 aromatic carbocycles. The van der Waals surface area contributed by atoms with Gasteiger partial charge in [0.25, 0.3) is 0 Å². The lowest BCUT2D eigenvalue weighted by Gasteiger charge is -2.58. The van der Waals surface area contributed by atoms with Crippen molar-refractivity contribution in [3.63, 3.8) is 0 Å². The van der Waals surface area contributed by atoms with Crippen LogP contribution in [0.2, 0.25) is 0 Å². The summed E-state index contributed by atoms with van der Waals surface area (Å²) in [6, 6.07) is 0. The molecular formula is C21H29NO5S. The number of esters is 2. The summed E-state index contributed by atoms with van der Waals surface area (Å²) in [5, 5.41) is -0.382. The Hall–Kier alpha value is -1.50. The Kier molecular flexibility index (Phi) is 5.23. The second kappa shape index (κ2) is 7.39. The molecule has 0 N–H and O–H groups in total. The second-order valence-corrected chi connectivity index (χ2v) is 10.6. The van der Waals surface area contributed by atoms with Crippen molar-refractivity contribution in [2.45, 2.75) is 81.6 Å². The Morgan fingerprint density at radius 1 is 0.929 bits per heavy atom. The lowest BCUT2D eigenvalue weighted by molar-refractivity contribution is -0.165. The van der Waals surface area contributed by atoms with Crippen LogP contribution in [-0.2, 0) is 23.9 Å². The van der Waals surface area contributed by atoms with E-state index in [0.717, 1.165) is 17.8 Å². The number of rotatable bonds is 4. The summed E-state index contributed by atoms with van der Waals surface area (Å²) in [7, 11) is 0. The highest BCUT2D eigenvalue weighted by Crippen LogP contribution is 2.62. The van der Waals surface area contributed by atoms with E-state index >= 15 is 0 Å². The van der Waals surface area contributed by atoms with Crippen molar-refractivity contribution >= 4 is 29.6 Å². The molecule has 4 aliphatic carbocycles. The van der Waals surface area contributed by atoms with Crippen LogP contribution in [-0.4, -0.2) is 45.1 Å². The van der Waals surface area contributed by atoms with E-state index in [-0.39, 0.29) is 16.0 Å². The molecule has 1 aliphatic heterocycles. The molecule has 4 fully saturated rings. The van der Waals surface area contributed by atoms with Crippen LogP contribution in [0.15, 0.2) is 12.3 Å². The fourth-order valence-corrected chi connectivity index (χ4v) is 8.33. The molecule has 6 nitrogen and oxygen atoms in total. The summed E-state index contributed by atoms with van der Waals surface area (Å²) >= 11 is 1.78. The Balaban J connectivity index is 1.63. The van der Waals surface area contributed by atoms with Crippen LogP contribution in [0.1, 0.15) is 59.3 Å². The van der Waals surface area contributed by atoms with Crippen molar-refractivity contribution in [2.75, 3.05) is 0 Å². The van der Waals surface area contributed by atoms with Crippen LogP contribution < -0.4 is 0 Å². The molecule has 0 saturated heterocycles. The summed E-state index contributed by atoms with van der Waals surface area (Å²) in [6.45, 7) is 4.22. The van der Waals surface area contributed by atoms with Gasteiger partial charge in [-0.2, -0.15) is 0 Å². The number of hydrogen-bond donors (Lipinski definition) is 0. The van der Waals surface area contributed by atoms with E-state index in [1.54, 1.807) is 28.9 Å². The molecule has 1 heterocycles. The molecule has 0 aromatic heterocycles. The first kappa shape index (κ1) is 19.8. The predicted octanol–water partition coefficient (Wildman–Crippen LogP) is 3.25. The van der Waals surface area contributed by atoms with E-state index in [0.29, 0.717) is 0 Å². The van der Waals surface area contributed by atoms with E-state index in [1.807, 2.05) is 0 Å². The van der Waals surface area contributed by atoms with Gasteiger partial charge in [0.15, 0.2) is 12.2 Å². The molecule has 5 aliphatic rings. The van der Waals surface area contributed by atoms with Crippen molar-refractivity contribution in [1.29, 1.82) is 0 Å². The Bertz CT molecular complexity index is 670. The lowest BCUT2D eigenvalue weighted by atomic mass is 9.56. The number of hydrogen-bond acceptors (Lipinski definition) is 6. The summed E-state index contributed by atoms with van der Waals surface area (Å²) in [5.74, 6) is 1.37. The third-order valence-electron chi connectivity index (χ3n) is 6.64. The van der Waals surface area contributed by atoms with Crippen molar-refractivity contribution in [3.05, 3.63) is 12.3 Å². The van der Waals surface area contributed by atoms with Gasteiger partial charge in [-0.25, -0.2) is 0 Å². The summed E-state index contributed by atoms with van der Waals surface area (Å²) in [5.41, 5.74) is 0. The zero-order chi connectivity index (χ0) is 20.1. The first-order valence-electron chi connectivity index (χ1n) is 10.2. The van der Waals surface area contributed by atoms with Crippen molar-refractivity contribution in [1.82, 2.24) is 4.90 Å². The number of thioether (sulfide) groups is 1. The maximum Gasteiger partial charge on any atom is 0.303 e. The van der Waals surface area contributed by atoms with Crippen LogP contribution in [0.4, 0.5) is 0 Å². The summed E-state index contributed by atoms with van der Waals surface area (Å²) in [6.07, 6.45) is 9.47. The maximum atomic E-state index is 12.4. The third-order valence-corrected chi connectivity index (χ3v) is 8.37. The SMILES string of the molecule is CC(=O)OC1C=CN(C(C)=O)C(SC23CC4CC(CC(C4)C2)C3)C1OC(C)=O. The van der Waals surface area contributed by atoms with Crippen molar-refractivity contribution in [3.8, 4) is 0 Å². The van der Waals surface area contributed by atoms with E-state index < -0.39 is 24.1 Å². The molecule has 3 unspecified atom stereocenters. The Morgan fingerprint density at radius 2 is 1.46 bits per heavy atom. The van der Waals surface area contributed by atoms with E-state index in [1.165, 1.54) is 59.3 Å². The van der Waals surface area contributed by atoms with Gasteiger partial charge in [-0.15, -0.1) is 11.8 Å². The quantitative estimate of drug-likeness (QED) is 0.666. The van der Waals surface area contributed by atoms with E-state index in [4.69, 9.17) is 9.47 Å². The van der Waals surface area contributed by atoms with Gasteiger partial charge in [0.1, 0.15) is 5.37 Å². The van der Waals surface area contributed by atoms with Gasteiger partial charge in [0.2, 0.25) is 5.91 Å². The monoisotopic (exact) mass is 407 g/mol. The van der Waals surface area contributed by atoms with Gasteiger partial charge in [0, 0.05) is 31.7 Å². The highest BCUT2D eigenvalue weighted by Gasteiger charge is 2.54. The van der Waals surface area contributed by atoms with Gasteiger partial charge < -0.3 is 14.4 Å². The molecule has 0 aromatic rings. The van der Waals surface area contributed by atoms with Crippen LogP contribution in [0, 0.1) is 17.8 Å².